The van der Waals surface area contributed by atoms with Gasteiger partial charge in [-0.05, 0) is 50.5 Å². The van der Waals surface area contributed by atoms with Crippen LogP contribution in [0.4, 0.5) is 10.1 Å². The Morgan fingerprint density at radius 2 is 1.72 bits per heavy atom. The number of sulfone groups is 1. The highest BCUT2D eigenvalue weighted by molar-refractivity contribution is 7.91. The number of aryl methyl sites for hydroxylation is 1. The fourth-order valence-corrected chi connectivity index (χ4v) is 5.32. The molecule has 0 amide bonds. The summed E-state index contributed by atoms with van der Waals surface area (Å²) in [7, 11) is -4.00. The van der Waals surface area contributed by atoms with E-state index in [1.54, 1.807) is 28.8 Å². The number of hydrogen-bond donors (Lipinski definition) is 0. The van der Waals surface area contributed by atoms with E-state index >= 15 is 0 Å². The summed E-state index contributed by atoms with van der Waals surface area (Å²) in [5.41, 5.74) is 0.349. The summed E-state index contributed by atoms with van der Waals surface area (Å²) in [6.07, 6.45) is 4.52. The molecule has 0 unspecified atom stereocenters. The van der Waals surface area contributed by atoms with Crippen molar-refractivity contribution in [3.8, 4) is 0 Å². The first-order chi connectivity index (χ1) is 13.9. The molecular weight excluding hydrogens is 391 g/mol. The van der Waals surface area contributed by atoms with Crippen molar-refractivity contribution < 1.29 is 12.8 Å². The van der Waals surface area contributed by atoms with E-state index in [1.807, 2.05) is 11.8 Å². The molecule has 5 nitrogen and oxygen atoms in total. The topological polar surface area (TPSA) is 59.4 Å². The normalized spacial score (nSPS) is 15.0. The van der Waals surface area contributed by atoms with Crippen molar-refractivity contribution in [1.29, 1.82) is 0 Å². The monoisotopic (exact) mass is 414 g/mol. The van der Waals surface area contributed by atoms with Gasteiger partial charge in [0, 0.05) is 25.8 Å². The third-order valence-electron chi connectivity index (χ3n) is 5.50. The van der Waals surface area contributed by atoms with E-state index in [4.69, 9.17) is 0 Å². The highest BCUT2D eigenvalue weighted by atomic mass is 32.2. The van der Waals surface area contributed by atoms with Crippen molar-refractivity contribution in [2.24, 2.45) is 0 Å². The van der Waals surface area contributed by atoms with E-state index in [2.05, 4.69) is 0 Å². The molecule has 0 bridgehead atoms. The van der Waals surface area contributed by atoms with Gasteiger partial charge < -0.3 is 9.47 Å². The zero-order valence-corrected chi connectivity index (χ0v) is 17.1. The van der Waals surface area contributed by atoms with Gasteiger partial charge in [0.1, 0.15) is 10.7 Å². The lowest BCUT2D eigenvalue weighted by Gasteiger charge is -2.29. The van der Waals surface area contributed by atoms with Gasteiger partial charge in [-0.2, -0.15) is 0 Å². The van der Waals surface area contributed by atoms with Crippen molar-refractivity contribution in [2.45, 2.75) is 42.5 Å². The van der Waals surface area contributed by atoms with Crippen LogP contribution in [-0.4, -0.2) is 26.1 Å². The SMILES string of the molecule is CCn1cc(S(=O)(=O)c2ccccc2)c(=O)c2cc(F)c(N3CCCCC3)cc21. The molecule has 1 saturated heterocycles. The molecule has 0 atom stereocenters. The Labute approximate surface area is 169 Å². The van der Waals surface area contributed by atoms with Crippen LogP contribution in [0.1, 0.15) is 26.2 Å². The quantitative estimate of drug-likeness (QED) is 0.648. The lowest BCUT2D eigenvalue weighted by molar-refractivity contribution is 0.557. The van der Waals surface area contributed by atoms with Gasteiger partial charge in [-0.3, -0.25) is 4.79 Å². The van der Waals surface area contributed by atoms with E-state index < -0.39 is 21.1 Å². The number of nitrogens with zero attached hydrogens (tertiary/aromatic N) is 2. The van der Waals surface area contributed by atoms with E-state index in [0.717, 1.165) is 32.4 Å². The van der Waals surface area contributed by atoms with Crippen molar-refractivity contribution in [3.05, 3.63) is 64.7 Å². The molecular formula is C22H23FN2O3S. The van der Waals surface area contributed by atoms with Crippen LogP contribution in [0.5, 0.6) is 0 Å². The highest BCUT2D eigenvalue weighted by Crippen LogP contribution is 2.29. The van der Waals surface area contributed by atoms with Gasteiger partial charge >= 0.3 is 0 Å². The van der Waals surface area contributed by atoms with Gasteiger partial charge in [0.25, 0.3) is 0 Å². The van der Waals surface area contributed by atoms with E-state index in [9.17, 15) is 17.6 Å². The molecule has 3 aromatic rings. The van der Waals surface area contributed by atoms with Crippen molar-refractivity contribution >= 4 is 26.4 Å². The first-order valence-corrected chi connectivity index (χ1v) is 11.3. The number of hydrogen-bond acceptors (Lipinski definition) is 4. The van der Waals surface area contributed by atoms with Crippen LogP contribution in [0.25, 0.3) is 10.9 Å². The molecule has 2 aromatic carbocycles. The summed E-state index contributed by atoms with van der Waals surface area (Å²) in [5.74, 6) is -0.492. The summed E-state index contributed by atoms with van der Waals surface area (Å²) in [4.78, 5) is 14.8. The molecule has 0 saturated carbocycles. The Bertz CT molecular complexity index is 1210. The fourth-order valence-electron chi connectivity index (χ4n) is 3.93. The summed E-state index contributed by atoms with van der Waals surface area (Å²) in [6, 6.07) is 10.7. The molecule has 0 N–H and O–H groups in total. The summed E-state index contributed by atoms with van der Waals surface area (Å²) >= 11 is 0. The van der Waals surface area contributed by atoms with E-state index in [1.165, 1.54) is 24.4 Å². The highest BCUT2D eigenvalue weighted by Gasteiger charge is 2.25. The molecule has 1 aliphatic rings. The zero-order valence-electron chi connectivity index (χ0n) is 16.3. The third kappa shape index (κ3) is 3.44. The van der Waals surface area contributed by atoms with E-state index in [-0.39, 0.29) is 15.2 Å². The molecule has 7 heteroatoms. The standard InChI is InChI=1S/C22H23FN2O3S/c1-2-24-15-21(29(27,28)16-9-5-3-6-10-16)22(26)17-13-18(23)20(14-19(17)24)25-11-7-4-8-12-25/h3,5-6,9-10,13-15H,2,4,7-8,11-12H2,1H3. The molecule has 152 valence electrons. The maximum absolute atomic E-state index is 14.9. The Morgan fingerprint density at radius 3 is 2.38 bits per heavy atom. The molecule has 0 radical (unpaired) electrons. The molecule has 29 heavy (non-hydrogen) atoms. The second kappa shape index (κ2) is 7.63. The second-order valence-electron chi connectivity index (χ2n) is 7.29. The molecule has 0 aliphatic carbocycles. The number of halogens is 1. The lowest BCUT2D eigenvalue weighted by atomic mass is 10.1. The van der Waals surface area contributed by atoms with Crippen LogP contribution in [0, 0.1) is 5.82 Å². The number of pyridine rings is 1. The summed E-state index contributed by atoms with van der Waals surface area (Å²) < 4.78 is 42.7. The predicted molar refractivity (Wildman–Crippen MR) is 112 cm³/mol. The Morgan fingerprint density at radius 1 is 1.03 bits per heavy atom. The average molecular weight is 415 g/mol. The van der Waals surface area contributed by atoms with Crippen LogP contribution in [0.2, 0.25) is 0 Å². The number of aromatic nitrogens is 1. The van der Waals surface area contributed by atoms with Crippen molar-refractivity contribution in [2.75, 3.05) is 18.0 Å². The molecule has 1 aromatic heterocycles. The molecule has 1 fully saturated rings. The third-order valence-corrected chi connectivity index (χ3v) is 7.26. The minimum absolute atomic E-state index is 0.0458. The minimum atomic E-state index is -4.00. The largest absolute Gasteiger partial charge is 0.369 e. The van der Waals surface area contributed by atoms with Crippen molar-refractivity contribution in [3.63, 3.8) is 0 Å². The number of piperidine rings is 1. The Kier molecular flexibility index (Phi) is 5.17. The van der Waals surface area contributed by atoms with E-state index in [0.29, 0.717) is 17.7 Å². The maximum Gasteiger partial charge on any atom is 0.211 e. The van der Waals surface area contributed by atoms with Gasteiger partial charge in [0.15, 0.2) is 0 Å². The Balaban J connectivity index is 1.94. The number of anilines is 1. The fraction of sp³-hybridized carbons (Fsp3) is 0.318. The zero-order chi connectivity index (χ0) is 20.6. The summed E-state index contributed by atoms with van der Waals surface area (Å²) in [6.45, 7) is 3.88. The lowest BCUT2D eigenvalue weighted by Crippen LogP contribution is -2.30. The van der Waals surface area contributed by atoms with Crippen LogP contribution in [-0.2, 0) is 16.4 Å². The van der Waals surface area contributed by atoms with Gasteiger partial charge in [-0.1, -0.05) is 18.2 Å². The predicted octanol–water partition coefficient (Wildman–Crippen LogP) is 3.98. The molecule has 4 rings (SSSR count). The van der Waals surface area contributed by atoms with Gasteiger partial charge in [-0.15, -0.1) is 0 Å². The molecule has 0 spiro atoms. The second-order valence-corrected chi connectivity index (χ2v) is 9.21. The average Bonchev–Trinajstić information content (AvgIpc) is 2.75. The van der Waals surface area contributed by atoms with Crippen LogP contribution < -0.4 is 10.3 Å². The number of fused-ring (bicyclic) bond motifs is 1. The first-order valence-electron chi connectivity index (χ1n) is 9.85. The smallest absolute Gasteiger partial charge is 0.211 e. The first kappa shape index (κ1) is 19.6. The minimum Gasteiger partial charge on any atom is -0.369 e. The van der Waals surface area contributed by atoms with Gasteiger partial charge in [-0.25, -0.2) is 12.8 Å². The number of rotatable bonds is 4. The number of benzene rings is 2. The van der Waals surface area contributed by atoms with Gasteiger partial charge in [0.2, 0.25) is 15.3 Å². The summed E-state index contributed by atoms with van der Waals surface area (Å²) in [5, 5.41) is 0.0853. The van der Waals surface area contributed by atoms with Crippen LogP contribution in [0.15, 0.2) is 63.2 Å². The maximum atomic E-state index is 14.9. The Hall–Kier alpha value is -2.67. The van der Waals surface area contributed by atoms with Crippen molar-refractivity contribution in [1.82, 2.24) is 4.57 Å². The van der Waals surface area contributed by atoms with Crippen LogP contribution in [0.3, 0.4) is 0 Å². The molecule has 2 heterocycles. The van der Waals surface area contributed by atoms with Crippen LogP contribution >= 0.6 is 0 Å². The molecule has 1 aliphatic heterocycles. The van der Waals surface area contributed by atoms with Gasteiger partial charge in [0.05, 0.1) is 21.5 Å².